The van der Waals surface area contributed by atoms with Gasteiger partial charge in [0.1, 0.15) is 0 Å². The molecule has 0 nitrogen and oxygen atoms in total. The van der Waals surface area contributed by atoms with Crippen molar-refractivity contribution >= 4 is 0 Å². The second-order valence-electron chi connectivity index (χ2n) is 8.35. The van der Waals surface area contributed by atoms with Gasteiger partial charge in [-0.15, -0.1) is 0 Å². The maximum Gasteiger partial charge on any atom is 0.175 e. The summed E-state index contributed by atoms with van der Waals surface area (Å²) in [6, 6.07) is 18.9. The normalized spacial score (nSPS) is 10.6. The molecule has 0 unspecified atom stereocenters. The molecule has 0 heterocycles. The Hall–Kier alpha value is -2.92. The van der Waals surface area contributed by atoms with Crippen LogP contribution in [-0.4, -0.2) is 0 Å². The Labute approximate surface area is 191 Å². The minimum Gasteiger partial charge on any atom is -0.203 e. The number of aryl methyl sites for hydroxylation is 2. The molecule has 0 atom stereocenters. The molecule has 0 aliphatic rings. The standard InChI is InChI=1S/C30H32F2/c1-3-5-7-9-23-11-13-25(14-12-23)17-20-27-21-22-28(30(32)29(27)31)26-18-15-24(16-19-26)10-8-6-4-2/h11-16,18-19,21-22H,3-10H2,1-2H3. The number of rotatable bonds is 9. The van der Waals surface area contributed by atoms with Crippen molar-refractivity contribution in [3.8, 4) is 23.0 Å². The molecule has 3 rings (SSSR count). The van der Waals surface area contributed by atoms with Crippen molar-refractivity contribution in [1.82, 2.24) is 0 Å². The first-order valence-electron chi connectivity index (χ1n) is 11.8. The van der Waals surface area contributed by atoms with Crippen LogP contribution < -0.4 is 0 Å². The van der Waals surface area contributed by atoms with Crippen LogP contribution in [0.3, 0.4) is 0 Å². The summed E-state index contributed by atoms with van der Waals surface area (Å²) >= 11 is 0. The molecule has 0 spiro atoms. The van der Waals surface area contributed by atoms with E-state index in [0.717, 1.165) is 24.8 Å². The molecule has 0 bridgehead atoms. The van der Waals surface area contributed by atoms with Gasteiger partial charge in [-0.3, -0.25) is 0 Å². The van der Waals surface area contributed by atoms with E-state index in [9.17, 15) is 8.78 Å². The zero-order valence-corrected chi connectivity index (χ0v) is 19.2. The van der Waals surface area contributed by atoms with E-state index >= 15 is 0 Å². The molecule has 0 aliphatic carbocycles. The maximum atomic E-state index is 14.8. The van der Waals surface area contributed by atoms with Gasteiger partial charge in [-0.1, -0.05) is 87.8 Å². The molecule has 0 saturated carbocycles. The second kappa shape index (κ2) is 12.2. The lowest BCUT2D eigenvalue weighted by molar-refractivity contribution is 0.509. The van der Waals surface area contributed by atoms with Gasteiger partial charge in [0, 0.05) is 11.1 Å². The van der Waals surface area contributed by atoms with Gasteiger partial charge in [0.05, 0.1) is 5.56 Å². The number of hydrogen-bond acceptors (Lipinski definition) is 0. The van der Waals surface area contributed by atoms with Crippen molar-refractivity contribution in [2.45, 2.75) is 65.2 Å². The largest absolute Gasteiger partial charge is 0.203 e. The van der Waals surface area contributed by atoms with E-state index in [1.165, 1.54) is 43.2 Å². The van der Waals surface area contributed by atoms with Crippen LogP contribution in [-0.2, 0) is 12.8 Å². The highest BCUT2D eigenvalue weighted by Crippen LogP contribution is 2.27. The van der Waals surface area contributed by atoms with E-state index in [-0.39, 0.29) is 11.1 Å². The van der Waals surface area contributed by atoms with Crippen LogP contribution in [0.1, 0.15) is 74.6 Å². The molecule has 0 aliphatic heterocycles. The molecule has 3 aromatic rings. The summed E-state index contributed by atoms with van der Waals surface area (Å²) in [6.07, 6.45) is 9.21. The highest BCUT2D eigenvalue weighted by Gasteiger charge is 2.13. The third-order valence-electron chi connectivity index (χ3n) is 5.78. The number of benzene rings is 3. The summed E-state index contributed by atoms with van der Waals surface area (Å²) in [5.74, 6) is 4.02. The van der Waals surface area contributed by atoms with E-state index in [4.69, 9.17) is 0 Å². The number of halogens is 2. The third kappa shape index (κ3) is 6.54. The van der Waals surface area contributed by atoms with Crippen LogP contribution in [0.25, 0.3) is 11.1 Å². The number of unbranched alkanes of at least 4 members (excludes halogenated alkanes) is 4. The van der Waals surface area contributed by atoms with Gasteiger partial charge in [-0.2, -0.15) is 0 Å². The predicted molar refractivity (Wildman–Crippen MR) is 131 cm³/mol. The van der Waals surface area contributed by atoms with Crippen LogP contribution in [0.2, 0.25) is 0 Å². The smallest absolute Gasteiger partial charge is 0.175 e. The van der Waals surface area contributed by atoms with E-state index in [2.05, 4.69) is 37.8 Å². The van der Waals surface area contributed by atoms with E-state index < -0.39 is 11.6 Å². The molecule has 0 radical (unpaired) electrons. The third-order valence-corrected chi connectivity index (χ3v) is 5.78. The Bertz CT molecular complexity index is 1050. The molecule has 0 N–H and O–H groups in total. The fraction of sp³-hybridized carbons (Fsp3) is 0.333. The molecule has 32 heavy (non-hydrogen) atoms. The molecule has 0 aromatic heterocycles. The Kier molecular flexibility index (Phi) is 9.05. The minimum absolute atomic E-state index is 0.0782. The Morgan fingerprint density at radius 1 is 0.594 bits per heavy atom. The van der Waals surface area contributed by atoms with Crippen LogP contribution in [0.15, 0.2) is 60.7 Å². The van der Waals surface area contributed by atoms with Crippen LogP contribution >= 0.6 is 0 Å². The van der Waals surface area contributed by atoms with Gasteiger partial charge >= 0.3 is 0 Å². The van der Waals surface area contributed by atoms with Crippen molar-refractivity contribution in [2.24, 2.45) is 0 Å². The van der Waals surface area contributed by atoms with E-state index in [0.29, 0.717) is 5.56 Å². The predicted octanol–water partition coefficient (Wildman–Crippen LogP) is 8.50. The van der Waals surface area contributed by atoms with E-state index in [1.54, 1.807) is 12.1 Å². The van der Waals surface area contributed by atoms with Crippen molar-refractivity contribution < 1.29 is 8.78 Å². The van der Waals surface area contributed by atoms with Gasteiger partial charge in [0.15, 0.2) is 11.6 Å². The summed E-state index contributed by atoms with van der Waals surface area (Å²) in [6.45, 7) is 4.37. The summed E-state index contributed by atoms with van der Waals surface area (Å²) < 4.78 is 29.5. The van der Waals surface area contributed by atoms with Crippen molar-refractivity contribution in [3.05, 3.63) is 94.6 Å². The molecule has 0 amide bonds. The van der Waals surface area contributed by atoms with Crippen molar-refractivity contribution in [1.29, 1.82) is 0 Å². The van der Waals surface area contributed by atoms with E-state index in [1.807, 2.05) is 36.4 Å². The molecule has 0 saturated heterocycles. The lowest BCUT2D eigenvalue weighted by Gasteiger charge is -2.07. The van der Waals surface area contributed by atoms with Gasteiger partial charge in [0.25, 0.3) is 0 Å². The van der Waals surface area contributed by atoms with Crippen LogP contribution in [0.5, 0.6) is 0 Å². The lowest BCUT2D eigenvalue weighted by Crippen LogP contribution is -1.94. The average molecular weight is 431 g/mol. The van der Waals surface area contributed by atoms with Gasteiger partial charge in [-0.05, 0) is 66.6 Å². The summed E-state index contributed by atoms with van der Waals surface area (Å²) in [5, 5.41) is 0. The highest BCUT2D eigenvalue weighted by molar-refractivity contribution is 5.66. The van der Waals surface area contributed by atoms with Gasteiger partial charge < -0.3 is 0 Å². The zero-order valence-electron chi connectivity index (χ0n) is 19.2. The quantitative estimate of drug-likeness (QED) is 0.236. The van der Waals surface area contributed by atoms with Crippen molar-refractivity contribution in [3.63, 3.8) is 0 Å². The second-order valence-corrected chi connectivity index (χ2v) is 8.35. The van der Waals surface area contributed by atoms with Gasteiger partial charge in [-0.25, -0.2) is 8.78 Å². The first-order valence-corrected chi connectivity index (χ1v) is 11.8. The highest BCUT2D eigenvalue weighted by atomic mass is 19.2. The zero-order chi connectivity index (χ0) is 22.8. The minimum atomic E-state index is -0.891. The first kappa shape index (κ1) is 23.7. The fourth-order valence-corrected chi connectivity index (χ4v) is 3.77. The van der Waals surface area contributed by atoms with Crippen LogP contribution in [0, 0.1) is 23.5 Å². The Balaban J connectivity index is 1.71. The first-order chi connectivity index (χ1) is 15.6. The Morgan fingerprint density at radius 2 is 1.16 bits per heavy atom. The fourth-order valence-electron chi connectivity index (χ4n) is 3.77. The van der Waals surface area contributed by atoms with Crippen LogP contribution in [0.4, 0.5) is 8.78 Å². The maximum absolute atomic E-state index is 14.8. The van der Waals surface area contributed by atoms with Crippen molar-refractivity contribution in [2.75, 3.05) is 0 Å². The summed E-state index contributed by atoms with van der Waals surface area (Å²) in [7, 11) is 0. The number of hydrogen-bond donors (Lipinski definition) is 0. The SMILES string of the molecule is CCCCCc1ccc(C#Cc2ccc(-c3ccc(CCCCC)cc3)c(F)c2F)cc1. The monoisotopic (exact) mass is 430 g/mol. The Morgan fingerprint density at radius 3 is 1.72 bits per heavy atom. The molecule has 166 valence electrons. The van der Waals surface area contributed by atoms with Gasteiger partial charge in [0.2, 0.25) is 0 Å². The lowest BCUT2D eigenvalue weighted by atomic mass is 9.99. The molecule has 3 aromatic carbocycles. The molecule has 2 heteroatoms. The average Bonchev–Trinajstić information content (AvgIpc) is 2.82. The topological polar surface area (TPSA) is 0 Å². The summed E-state index contributed by atoms with van der Waals surface area (Å²) in [4.78, 5) is 0. The molecule has 0 fully saturated rings. The summed E-state index contributed by atoms with van der Waals surface area (Å²) in [5.41, 5.74) is 4.33. The molecular weight excluding hydrogens is 398 g/mol. The molecular formula is C30H32F2.